The molecule has 6 rings (SSSR count). The number of thiazole rings is 1. The lowest BCUT2D eigenvalue weighted by Crippen LogP contribution is -2.40. The van der Waals surface area contributed by atoms with E-state index in [2.05, 4.69) is 4.90 Å². The predicted octanol–water partition coefficient (Wildman–Crippen LogP) is 6.25. The van der Waals surface area contributed by atoms with E-state index in [1.165, 1.54) is 11.3 Å². The molecule has 4 aromatic rings. The second kappa shape index (κ2) is 10.4. The molecule has 3 heterocycles. The Bertz CT molecular complexity index is 1370. The van der Waals surface area contributed by atoms with E-state index >= 15 is 0 Å². The van der Waals surface area contributed by atoms with Crippen LogP contribution in [-0.4, -0.2) is 55.2 Å². The third-order valence-electron chi connectivity index (χ3n) is 7.07. The summed E-state index contributed by atoms with van der Waals surface area (Å²) in [5.41, 5.74) is 3.65. The molecular weight excluding hydrogens is 506 g/mol. The number of fused-ring (bicyclic) bond motifs is 3. The molecule has 37 heavy (non-hydrogen) atoms. The van der Waals surface area contributed by atoms with Crippen LogP contribution in [0, 0.1) is 6.92 Å². The first kappa shape index (κ1) is 24.4. The van der Waals surface area contributed by atoms with E-state index in [-0.39, 0.29) is 5.91 Å². The summed E-state index contributed by atoms with van der Waals surface area (Å²) in [6, 6.07) is 19.5. The lowest BCUT2D eigenvalue weighted by molar-refractivity contribution is -0.119. The summed E-state index contributed by atoms with van der Waals surface area (Å²) in [4.78, 5) is 23.7. The van der Waals surface area contributed by atoms with Crippen LogP contribution in [0.4, 0.5) is 5.13 Å². The number of carbonyl (C=O) groups excluding carboxylic acids is 1. The largest absolute Gasteiger partial charge is 0.457 e. The predicted molar refractivity (Wildman–Crippen MR) is 148 cm³/mol. The first-order valence-electron chi connectivity index (χ1n) is 12.6. The van der Waals surface area contributed by atoms with Crippen molar-refractivity contribution in [3.05, 3.63) is 82.4 Å². The number of amides is 1. The normalized spacial score (nSPS) is 15.7. The minimum Gasteiger partial charge on any atom is -0.457 e. The monoisotopic (exact) mass is 533 g/mol. The van der Waals surface area contributed by atoms with Gasteiger partial charge in [0.2, 0.25) is 5.91 Å². The molecule has 2 aliphatic rings. The molecular formula is C29H28ClN3O3S. The number of ether oxygens (including phenoxy) is 2. The highest BCUT2D eigenvalue weighted by molar-refractivity contribution is 7.23. The molecule has 0 spiro atoms. The highest BCUT2D eigenvalue weighted by atomic mass is 35.5. The van der Waals surface area contributed by atoms with E-state index in [9.17, 15) is 4.79 Å². The topological polar surface area (TPSA) is 54.9 Å². The standard InChI is InChI=1S/C29H28ClN3O3S/c1-19-11-12-22(30)27-26(19)31-29(37-27)33(14-6-13-32-15-17-35-18-16-32)28(34)25-20-7-2-4-9-23(20)36-24-10-5-3-8-21(24)25/h2-5,7-12,25H,6,13-18H2,1H3. The lowest BCUT2D eigenvalue weighted by Gasteiger charge is -2.32. The van der Waals surface area contributed by atoms with Gasteiger partial charge in [0.25, 0.3) is 0 Å². The van der Waals surface area contributed by atoms with Crippen molar-refractivity contribution in [2.75, 3.05) is 44.3 Å². The molecule has 0 N–H and O–H groups in total. The number of hydrogen-bond acceptors (Lipinski definition) is 6. The van der Waals surface area contributed by atoms with Crippen LogP contribution in [0.5, 0.6) is 11.5 Å². The summed E-state index contributed by atoms with van der Waals surface area (Å²) in [6.45, 7) is 6.85. The van der Waals surface area contributed by atoms with Crippen molar-refractivity contribution in [1.82, 2.24) is 9.88 Å². The Morgan fingerprint density at radius 2 is 1.73 bits per heavy atom. The Hall–Kier alpha value is -2.97. The summed E-state index contributed by atoms with van der Waals surface area (Å²) in [5.74, 6) is 0.957. The van der Waals surface area contributed by atoms with Gasteiger partial charge in [-0.1, -0.05) is 65.4 Å². The lowest BCUT2D eigenvalue weighted by atomic mass is 9.87. The molecule has 6 nitrogen and oxygen atoms in total. The fourth-order valence-electron chi connectivity index (χ4n) is 5.12. The number of aryl methyl sites for hydroxylation is 1. The first-order valence-corrected chi connectivity index (χ1v) is 13.8. The van der Waals surface area contributed by atoms with Crippen molar-refractivity contribution in [2.45, 2.75) is 19.3 Å². The van der Waals surface area contributed by atoms with Crippen LogP contribution in [-0.2, 0) is 9.53 Å². The number of para-hydroxylation sites is 2. The van der Waals surface area contributed by atoms with Crippen LogP contribution in [0.2, 0.25) is 5.02 Å². The third kappa shape index (κ3) is 4.73. The van der Waals surface area contributed by atoms with Gasteiger partial charge in [0.05, 0.1) is 34.4 Å². The number of anilines is 1. The molecule has 1 fully saturated rings. The van der Waals surface area contributed by atoms with Crippen molar-refractivity contribution in [3.63, 3.8) is 0 Å². The van der Waals surface area contributed by atoms with Crippen LogP contribution in [0.3, 0.4) is 0 Å². The Kier molecular flexibility index (Phi) is 6.86. The quantitative estimate of drug-likeness (QED) is 0.293. The highest BCUT2D eigenvalue weighted by Crippen LogP contribution is 2.46. The first-order chi connectivity index (χ1) is 18.1. The summed E-state index contributed by atoms with van der Waals surface area (Å²) in [5, 5.41) is 1.34. The fourth-order valence-corrected chi connectivity index (χ4v) is 6.46. The Balaban J connectivity index is 1.39. The number of hydrogen-bond donors (Lipinski definition) is 0. The number of aromatic nitrogens is 1. The van der Waals surface area contributed by atoms with Crippen LogP contribution in [0.1, 0.15) is 29.0 Å². The van der Waals surface area contributed by atoms with Crippen LogP contribution in [0.25, 0.3) is 10.2 Å². The van der Waals surface area contributed by atoms with Gasteiger partial charge in [-0.2, -0.15) is 0 Å². The van der Waals surface area contributed by atoms with E-state index in [1.54, 1.807) is 0 Å². The molecule has 1 aromatic heterocycles. The van der Waals surface area contributed by atoms with E-state index < -0.39 is 5.92 Å². The van der Waals surface area contributed by atoms with Gasteiger partial charge in [-0.15, -0.1) is 0 Å². The van der Waals surface area contributed by atoms with Gasteiger partial charge in [-0.3, -0.25) is 14.6 Å². The molecule has 0 atom stereocenters. The van der Waals surface area contributed by atoms with Gasteiger partial charge >= 0.3 is 0 Å². The van der Waals surface area contributed by atoms with Crippen molar-refractivity contribution in [2.24, 2.45) is 0 Å². The summed E-state index contributed by atoms with van der Waals surface area (Å²) in [6.07, 6.45) is 0.834. The smallest absolute Gasteiger partial charge is 0.241 e. The second-order valence-corrected chi connectivity index (χ2v) is 10.8. The number of nitrogens with zero attached hydrogens (tertiary/aromatic N) is 3. The molecule has 0 aliphatic carbocycles. The van der Waals surface area contributed by atoms with Crippen molar-refractivity contribution < 1.29 is 14.3 Å². The van der Waals surface area contributed by atoms with Gasteiger partial charge in [-0.05, 0) is 37.1 Å². The van der Waals surface area contributed by atoms with E-state index in [1.807, 2.05) is 72.5 Å². The minimum absolute atomic E-state index is 0.00184. The SMILES string of the molecule is Cc1ccc(Cl)c2sc(N(CCCN3CCOCC3)C(=O)C3c4ccccc4Oc4ccccc43)nc12. The van der Waals surface area contributed by atoms with Crippen LogP contribution >= 0.6 is 22.9 Å². The maximum Gasteiger partial charge on any atom is 0.241 e. The number of carbonyl (C=O) groups is 1. The molecule has 1 amide bonds. The summed E-state index contributed by atoms with van der Waals surface area (Å²) < 4.78 is 12.6. The number of benzene rings is 3. The van der Waals surface area contributed by atoms with Gasteiger partial charge in [0.15, 0.2) is 5.13 Å². The van der Waals surface area contributed by atoms with Crippen LogP contribution in [0.15, 0.2) is 60.7 Å². The summed E-state index contributed by atoms with van der Waals surface area (Å²) >= 11 is 8.03. The molecule has 0 unspecified atom stereocenters. The average Bonchev–Trinajstić information content (AvgIpc) is 3.39. The molecule has 0 radical (unpaired) electrons. The molecule has 1 saturated heterocycles. The Morgan fingerprint density at radius 1 is 1.05 bits per heavy atom. The Labute approximate surface area is 225 Å². The van der Waals surface area contributed by atoms with Crippen molar-refractivity contribution in [3.8, 4) is 11.5 Å². The van der Waals surface area contributed by atoms with Crippen molar-refractivity contribution >= 4 is 44.2 Å². The zero-order valence-corrected chi connectivity index (χ0v) is 22.2. The van der Waals surface area contributed by atoms with Gasteiger partial charge in [0.1, 0.15) is 11.5 Å². The molecule has 0 bridgehead atoms. The zero-order valence-electron chi connectivity index (χ0n) is 20.7. The maximum absolute atomic E-state index is 14.5. The number of morpholine rings is 1. The van der Waals surface area contributed by atoms with Gasteiger partial charge in [-0.25, -0.2) is 4.98 Å². The molecule has 0 saturated carbocycles. The minimum atomic E-state index is -0.479. The zero-order chi connectivity index (χ0) is 25.4. The maximum atomic E-state index is 14.5. The molecule has 2 aliphatic heterocycles. The molecule has 3 aromatic carbocycles. The number of rotatable bonds is 6. The second-order valence-electron chi connectivity index (χ2n) is 9.45. The molecule has 190 valence electrons. The average molecular weight is 534 g/mol. The fraction of sp³-hybridized carbons (Fsp3) is 0.310. The van der Waals surface area contributed by atoms with E-state index in [0.717, 1.165) is 77.7 Å². The third-order valence-corrected chi connectivity index (χ3v) is 8.61. The number of halogens is 1. The highest BCUT2D eigenvalue weighted by Gasteiger charge is 2.36. The van der Waals surface area contributed by atoms with E-state index in [0.29, 0.717) is 16.7 Å². The Morgan fingerprint density at radius 3 is 2.41 bits per heavy atom. The van der Waals surface area contributed by atoms with Gasteiger partial charge < -0.3 is 9.47 Å². The summed E-state index contributed by atoms with van der Waals surface area (Å²) in [7, 11) is 0. The van der Waals surface area contributed by atoms with Gasteiger partial charge in [0, 0.05) is 37.3 Å². The van der Waals surface area contributed by atoms with Crippen LogP contribution < -0.4 is 9.64 Å². The van der Waals surface area contributed by atoms with E-state index in [4.69, 9.17) is 26.1 Å². The molecule has 8 heteroatoms. The van der Waals surface area contributed by atoms with Crippen molar-refractivity contribution in [1.29, 1.82) is 0 Å².